The Hall–Kier alpha value is -4.58. The second kappa shape index (κ2) is 15.1. The third kappa shape index (κ3) is 6.50. The van der Waals surface area contributed by atoms with E-state index in [4.69, 9.17) is 9.47 Å². The minimum atomic E-state index is -0.890. The van der Waals surface area contributed by atoms with Crippen LogP contribution in [0.15, 0.2) is 84.9 Å². The minimum Gasteiger partial charge on any atom is -0.478 e. The number of rotatable bonds is 11. The van der Waals surface area contributed by atoms with Gasteiger partial charge in [-0.2, -0.15) is 0 Å². The van der Waals surface area contributed by atoms with Gasteiger partial charge in [0.2, 0.25) is 0 Å². The molecule has 4 atom stereocenters. The number of carboxylic acids is 2. The summed E-state index contributed by atoms with van der Waals surface area (Å²) in [6, 6.07) is 30.2. The Morgan fingerprint density at radius 1 is 0.361 bits per heavy atom. The van der Waals surface area contributed by atoms with E-state index < -0.39 is 11.9 Å². The van der Waals surface area contributed by atoms with Gasteiger partial charge >= 0.3 is 11.9 Å². The highest BCUT2D eigenvalue weighted by Crippen LogP contribution is 2.79. The first-order valence-electron chi connectivity index (χ1n) is 29.2. The second-order valence-corrected chi connectivity index (χ2v) is 28.7. The molecule has 0 saturated heterocycles. The van der Waals surface area contributed by atoms with Gasteiger partial charge in [0, 0.05) is 11.1 Å². The van der Waals surface area contributed by atoms with Crippen LogP contribution in [0.1, 0.15) is 197 Å². The second-order valence-electron chi connectivity index (χ2n) is 28.7. The van der Waals surface area contributed by atoms with E-state index in [0.29, 0.717) is 22.0 Å². The maximum absolute atomic E-state index is 12.3. The molecular weight excluding hydrogens is 889 g/mol. The zero-order chi connectivity index (χ0) is 48.0. The summed E-state index contributed by atoms with van der Waals surface area (Å²) < 4.78 is 13.8. The van der Waals surface area contributed by atoms with Crippen LogP contribution in [0.25, 0.3) is 0 Å². The standard InChI is InChI=1S/C66H74O6/c67-59(68)49-1-11-55(61-23-39-13-40(24-61)15-41(14-39)25-61)57(21-49)71-53-7-3-51(4-8-53)63-29-45-19-46(30-63)34-65(33-45,37-63)66-35-47-20-48(36-66)32-64(31-47,38-66)52-5-9-54(10-6-52)72-58-22-50(60(69)70)2-12-56(58)62-26-42-16-43(27-62)18-44(17-42)28-62/h1-12,21-22,39-48H,13-20,23-38H2,(H,67,68)(H,69,70). The summed E-state index contributed by atoms with van der Waals surface area (Å²) in [6.07, 6.45) is 32.0. The molecule has 72 heavy (non-hydrogen) atoms. The molecule has 4 aromatic carbocycles. The largest absolute Gasteiger partial charge is 0.478 e. The average Bonchev–Trinajstić information content (AvgIpc) is 3.34. The summed E-state index contributed by atoms with van der Waals surface area (Å²) in [5, 5.41) is 20.2. The first kappa shape index (κ1) is 43.8. The molecule has 2 N–H and O–H groups in total. The Balaban J connectivity index is 0.680. The van der Waals surface area contributed by atoms with Crippen LogP contribution in [-0.4, -0.2) is 22.2 Å². The van der Waals surface area contributed by atoms with Crippen molar-refractivity contribution in [1.82, 2.24) is 0 Å². The van der Waals surface area contributed by atoms with Crippen LogP contribution in [-0.2, 0) is 21.7 Å². The lowest BCUT2D eigenvalue weighted by Crippen LogP contribution is -2.66. The third-order valence-corrected chi connectivity index (χ3v) is 24.3. The number of hydrogen-bond acceptors (Lipinski definition) is 4. The van der Waals surface area contributed by atoms with E-state index in [1.54, 1.807) is 0 Å². The van der Waals surface area contributed by atoms with Gasteiger partial charge in [-0.1, -0.05) is 36.4 Å². The molecule has 16 bridgehead atoms. The fourth-order valence-electron chi connectivity index (χ4n) is 23.7. The average molecular weight is 963 g/mol. The number of carboxylic acid groups (broad SMARTS) is 2. The fraction of sp³-hybridized carbons (Fsp3) is 0.606. The maximum atomic E-state index is 12.3. The van der Waals surface area contributed by atoms with Crippen LogP contribution in [0, 0.1) is 70.0 Å². The van der Waals surface area contributed by atoms with Crippen molar-refractivity contribution in [3.63, 3.8) is 0 Å². The Kier molecular flexibility index (Phi) is 9.15. The molecule has 0 amide bonds. The summed E-state index contributed by atoms with van der Waals surface area (Å²) in [4.78, 5) is 24.7. The molecule has 4 aromatic rings. The molecule has 4 unspecified atom stereocenters. The van der Waals surface area contributed by atoms with E-state index in [-0.39, 0.29) is 21.7 Å². The SMILES string of the molecule is O=C(O)c1ccc(C23CC4CC(CC(C4)C2)C3)c(Oc2ccc(C34CC5CC(C3)CC(C36CC7CC(CC(c8ccc(Oc9cc(C(=O)O)ccc9C9%10CC%11CC(CC(C%11)C9)C%10)cc8)(C7)C3)C6)(C5)C4)cc2)c1. The lowest BCUT2D eigenvalue weighted by atomic mass is 9.30. The van der Waals surface area contributed by atoms with Gasteiger partial charge in [0.25, 0.3) is 0 Å². The van der Waals surface area contributed by atoms with Gasteiger partial charge in [0.05, 0.1) is 11.1 Å². The van der Waals surface area contributed by atoms with Crippen molar-refractivity contribution in [2.75, 3.05) is 0 Å². The summed E-state index contributed by atoms with van der Waals surface area (Å²) in [5.41, 5.74) is 7.55. The number of aromatic carboxylic acids is 2. The van der Waals surface area contributed by atoms with Crippen LogP contribution in [0.2, 0.25) is 0 Å². The van der Waals surface area contributed by atoms with Gasteiger partial charge in [-0.3, -0.25) is 0 Å². The Morgan fingerprint density at radius 3 is 0.958 bits per heavy atom. The maximum Gasteiger partial charge on any atom is 0.335 e. The minimum absolute atomic E-state index is 0.109. The quantitative estimate of drug-likeness (QED) is 0.156. The van der Waals surface area contributed by atoms with Gasteiger partial charge < -0.3 is 19.7 Å². The van der Waals surface area contributed by atoms with E-state index in [1.165, 1.54) is 176 Å². The van der Waals surface area contributed by atoms with E-state index in [9.17, 15) is 19.8 Å². The fourth-order valence-corrected chi connectivity index (χ4v) is 23.7. The van der Waals surface area contributed by atoms with Crippen LogP contribution in [0.3, 0.4) is 0 Å². The lowest BCUT2D eigenvalue weighted by molar-refractivity contribution is -0.212. The van der Waals surface area contributed by atoms with Gasteiger partial charge in [0.1, 0.15) is 23.0 Å². The predicted molar refractivity (Wildman–Crippen MR) is 277 cm³/mol. The highest BCUT2D eigenvalue weighted by Gasteiger charge is 2.70. The molecule has 6 heteroatoms. The van der Waals surface area contributed by atoms with Gasteiger partial charge in [0.15, 0.2) is 0 Å². The molecular formula is C66H74O6. The van der Waals surface area contributed by atoms with Gasteiger partial charge in [-0.05, 0) is 305 Å². The highest BCUT2D eigenvalue weighted by atomic mass is 16.5. The molecule has 374 valence electrons. The molecule has 0 spiro atoms. The van der Waals surface area contributed by atoms with Crippen molar-refractivity contribution in [3.05, 3.63) is 118 Å². The molecule has 0 radical (unpaired) electrons. The first-order valence-corrected chi connectivity index (χ1v) is 29.2. The molecule has 0 aromatic heterocycles. The number of ether oxygens (including phenoxy) is 2. The smallest absolute Gasteiger partial charge is 0.335 e. The van der Waals surface area contributed by atoms with E-state index in [1.807, 2.05) is 24.3 Å². The summed E-state index contributed by atoms with van der Waals surface area (Å²) >= 11 is 0. The van der Waals surface area contributed by atoms with Crippen LogP contribution < -0.4 is 9.47 Å². The van der Waals surface area contributed by atoms with Gasteiger partial charge in [-0.15, -0.1) is 0 Å². The topological polar surface area (TPSA) is 93.1 Å². The van der Waals surface area contributed by atoms with Crippen LogP contribution >= 0.6 is 0 Å². The molecule has 16 aliphatic rings. The van der Waals surface area contributed by atoms with E-state index in [0.717, 1.165) is 82.2 Å². The summed E-state index contributed by atoms with van der Waals surface area (Å²) in [5.74, 6) is 9.39. The van der Waals surface area contributed by atoms with E-state index >= 15 is 0 Å². The normalized spacial score (nSPS) is 43.9. The summed E-state index contributed by atoms with van der Waals surface area (Å²) in [7, 11) is 0. The van der Waals surface area contributed by atoms with Crippen LogP contribution in [0.4, 0.5) is 0 Å². The Labute approximate surface area is 426 Å². The Morgan fingerprint density at radius 2 is 0.653 bits per heavy atom. The monoisotopic (exact) mass is 963 g/mol. The molecule has 0 heterocycles. The molecule has 20 rings (SSSR count). The van der Waals surface area contributed by atoms with Crippen molar-refractivity contribution < 1.29 is 29.3 Å². The molecule has 16 saturated carbocycles. The highest BCUT2D eigenvalue weighted by molar-refractivity contribution is 5.89. The first-order chi connectivity index (χ1) is 34.8. The number of carbonyl (C=O) groups is 2. The van der Waals surface area contributed by atoms with Gasteiger partial charge in [-0.25, -0.2) is 9.59 Å². The molecule has 16 aliphatic carbocycles. The lowest BCUT2D eigenvalue weighted by Gasteiger charge is -2.74. The number of benzene rings is 4. The zero-order valence-corrected chi connectivity index (χ0v) is 42.4. The molecule has 16 fully saturated rings. The third-order valence-electron chi connectivity index (χ3n) is 24.3. The zero-order valence-electron chi connectivity index (χ0n) is 42.4. The van der Waals surface area contributed by atoms with Crippen molar-refractivity contribution in [2.45, 2.75) is 176 Å². The predicted octanol–water partition coefficient (Wildman–Crippen LogP) is 16.0. The van der Waals surface area contributed by atoms with E-state index in [2.05, 4.69) is 60.7 Å². The van der Waals surface area contributed by atoms with Crippen molar-refractivity contribution in [2.24, 2.45) is 70.0 Å². The van der Waals surface area contributed by atoms with Crippen molar-refractivity contribution in [3.8, 4) is 23.0 Å². The van der Waals surface area contributed by atoms with Crippen molar-refractivity contribution >= 4 is 11.9 Å². The van der Waals surface area contributed by atoms with Crippen molar-refractivity contribution in [1.29, 1.82) is 0 Å². The molecule has 0 aliphatic heterocycles. The summed E-state index contributed by atoms with van der Waals surface area (Å²) in [6.45, 7) is 0. The Bertz CT molecular complexity index is 2610. The molecule has 6 nitrogen and oxygen atoms in total. The van der Waals surface area contributed by atoms with Crippen LogP contribution in [0.5, 0.6) is 23.0 Å². The number of hydrogen-bond donors (Lipinski definition) is 2.